The fourth-order valence-electron chi connectivity index (χ4n) is 6.71. The van der Waals surface area contributed by atoms with Crippen molar-refractivity contribution in [2.75, 3.05) is 0 Å². The molecule has 1 aromatic rings. The lowest BCUT2D eigenvalue weighted by molar-refractivity contribution is -0.132. The number of phenols is 1. The number of rotatable bonds is 8. The van der Waals surface area contributed by atoms with Crippen LogP contribution in [0.25, 0.3) is 0 Å². The van der Waals surface area contributed by atoms with Gasteiger partial charge >= 0.3 is 0 Å². The zero-order chi connectivity index (χ0) is 21.2. The molecule has 0 saturated heterocycles. The van der Waals surface area contributed by atoms with Crippen molar-refractivity contribution in [1.82, 2.24) is 0 Å². The van der Waals surface area contributed by atoms with E-state index in [1.54, 1.807) is 6.07 Å². The van der Waals surface area contributed by atoms with E-state index in [-0.39, 0.29) is 5.92 Å². The van der Waals surface area contributed by atoms with Crippen LogP contribution in [0.15, 0.2) is 18.2 Å². The number of aromatic hydroxyl groups is 1. The molecule has 1 aromatic carbocycles. The molecule has 2 nitrogen and oxygen atoms in total. The van der Waals surface area contributed by atoms with E-state index in [2.05, 4.69) is 34.6 Å². The third-order valence-electron chi connectivity index (χ3n) is 8.48. The second-order valence-corrected chi connectivity index (χ2v) is 10.8. The summed E-state index contributed by atoms with van der Waals surface area (Å²) in [4.78, 5) is 12.9. The maximum atomic E-state index is 12.9. The summed E-state index contributed by atoms with van der Waals surface area (Å²) in [6, 6.07) is 5.63. The zero-order valence-electron chi connectivity index (χ0n) is 19.3. The van der Waals surface area contributed by atoms with Crippen molar-refractivity contribution in [2.24, 2.45) is 35.0 Å². The van der Waals surface area contributed by atoms with E-state index >= 15 is 0 Å². The number of ketones is 1. The highest BCUT2D eigenvalue weighted by molar-refractivity contribution is 5.82. The van der Waals surface area contributed by atoms with Crippen LogP contribution in [0.2, 0.25) is 0 Å². The normalized spacial score (nSPS) is 30.6. The van der Waals surface area contributed by atoms with Gasteiger partial charge in [-0.1, -0.05) is 53.0 Å². The maximum Gasteiger partial charge on any atom is 0.136 e. The first kappa shape index (κ1) is 22.4. The SMILES string of the molecule is Cc1ccc(O)cc1CC[C@@H]1C(=O)CC[C@]2(C)[C@@H]([C@H](C)CCCC(C)C)CC[C@H]12. The van der Waals surface area contributed by atoms with Crippen LogP contribution in [-0.4, -0.2) is 10.9 Å². The molecule has 2 fully saturated rings. The fourth-order valence-corrected chi connectivity index (χ4v) is 6.71. The molecule has 5 atom stereocenters. The molecular weight excluding hydrogens is 356 g/mol. The fraction of sp³-hybridized carbons (Fsp3) is 0.741. The molecule has 1 N–H and O–H groups in total. The minimum Gasteiger partial charge on any atom is -0.508 e. The Labute approximate surface area is 178 Å². The second-order valence-electron chi connectivity index (χ2n) is 10.8. The average molecular weight is 399 g/mol. The van der Waals surface area contributed by atoms with E-state index in [4.69, 9.17) is 0 Å². The quantitative estimate of drug-likeness (QED) is 0.507. The summed E-state index contributed by atoms with van der Waals surface area (Å²) in [5.41, 5.74) is 2.75. The molecule has 0 radical (unpaired) electrons. The molecule has 162 valence electrons. The molecule has 0 heterocycles. The van der Waals surface area contributed by atoms with Gasteiger partial charge in [0.15, 0.2) is 0 Å². The number of hydrogen-bond donors (Lipinski definition) is 1. The van der Waals surface area contributed by atoms with Gasteiger partial charge in [-0.3, -0.25) is 4.79 Å². The maximum absolute atomic E-state index is 12.9. The number of fused-ring (bicyclic) bond motifs is 1. The van der Waals surface area contributed by atoms with Gasteiger partial charge in [0.2, 0.25) is 0 Å². The van der Waals surface area contributed by atoms with E-state index < -0.39 is 0 Å². The van der Waals surface area contributed by atoms with Crippen LogP contribution in [0.1, 0.15) is 90.2 Å². The standard InChI is InChI=1S/C27H42O2/c1-18(2)7-6-8-20(4)24-13-14-25-23(26(29)15-16-27(24,25)5)12-10-21-17-22(28)11-9-19(21)3/h9,11,17-18,20,23-25,28H,6-8,10,12-16H2,1-5H3/t20-,23+,24-,25-,27-/m1/s1. The molecule has 0 aliphatic heterocycles. The lowest BCUT2D eigenvalue weighted by Gasteiger charge is -2.46. The number of aryl methyl sites for hydroxylation is 2. The number of Topliss-reactive ketones (excluding diaryl/α,β-unsaturated/α-hetero) is 1. The molecule has 0 unspecified atom stereocenters. The monoisotopic (exact) mass is 398 g/mol. The molecule has 0 spiro atoms. The largest absolute Gasteiger partial charge is 0.508 e. The Morgan fingerprint density at radius 2 is 1.93 bits per heavy atom. The Kier molecular flexibility index (Phi) is 7.12. The Bertz CT molecular complexity index is 706. The third-order valence-corrected chi connectivity index (χ3v) is 8.48. The summed E-state index contributed by atoms with van der Waals surface area (Å²) in [5.74, 6) is 3.94. The highest BCUT2D eigenvalue weighted by Gasteiger charge is 2.54. The summed E-state index contributed by atoms with van der Waals surface area (Å²) in [7, 11) is 0. The summed E-state index contributed by atoms with van der Waals surface area (Å²) in [6.45, 7) is 11.7. The van der Waals surface area contributed by atoms with Crippen molar-refractivity contribution in [3.05, 3.63) is 29.3 Å². The highest BCUT2D eigenvalue weighted by Crippen LogP contribution is 2.60. The van der Waals surface area contributed by atoms with Gasteiger partial charge < -0.3 is 5.11 Å². The average Bonchev–Trinajstić information content (AvgIpc) is 3.01. The molecule has 0 amide bonds. The van der Waals surface area contributed by atoms with Gasteiger partial charge in [-0.05, 0) is 91.4 Å². The Morgan fingerprint density at radius 1 is 1.17 bits per heavy atom. The van der Waals surface area contributed by atoms with Crippen molar-refractivity contribution in [3.8, 4) is 5.75 Å². The number of hydrogen-bond acceptors (Lipinski definition) is 2. The summed E-state index contributed by atoms with van der Waals surface area (Å²) in [6.07, 6.45) is 10.3. The van der Waals surface area contributed by atoms with E-state index in [0.717, 1.165) is 43.4 Å². The van der Waals surface area contributed by atoms with E-state index in [1.807, 2.05) is 12.1 Å². The minimum absolute atomic E-state index is 0.211. The number of benzene rings is 1. The summed E-state index contributed by atoms with van der Waals surface area (Å²) in [5, 5.41) is 9.85. The van der Waals surface area contributed by atoms with Crippen LogP contribution >= 0.6 is 0 Å². The number of carbonyl (C=O) groups is 1. The zero-order valence-corrected chi connectivity index (χ0v) is 19.3. The first-order valence-corrected chi connectivity index (χ1v) is 12.0. The molecule has 0 aromatic heterocycles. The van der Waals surface area contributed by atoms with Crippen LogP contribution < -0.4 is 0 Å². The predicted octanol–water partition coefficient (Wildman–Crippen LogP) is 7.11. The Hall–Kier alpha value is -1.31. The van der Waals surface area contributed by atoms with Crippen LogP contribution in [0.5, 0.6) is 5.75 Å². The molecule has 2 aliphatic rings. The van der Waals surface area contributed by atoms with Crippen LogP contribution in [0.3, 0.4) is 0 Å². The van der Waals surface area contributed by atoms with Gasteiger partial charge in [-0.25, -0.2) is 0 Å². The van der Waals surface area contributed by atoms with Crippen LogP contribution in [-0.2, 0) is 11.2 Å². The van der Waals surface area contributed by atoms with Crippen molar-refractivity contribution < 1.29 is 9.90 Å². The van der Waals surface area contributed by atoms with Gasteiger partial charge in [0.1, 0.15) is 11.5 Å². The summed E-state index contributed by atoms with van der Waals surface area (Å²) >= 11 is 0. The van der Waals surface area contributed by atoms with E-state index in [9.17, 15) is 9.90 Å². The molecule has 0 bridgehead atoms. The van der Waals surface area contributed by atoms with Crippen LogP contribution in [0.4, 0.5) is 0 Å². The number of carbonyl (C=O) groups excluding carboxylic acids is 1. The molecule has 2 aliphatic carbocycles. The summed E-state index contributed by atoms with van der Waals surface area (Å²) < 4.78 is 0. The topological polar surface area (TPSA) is 37.3 Å². The molecule has 2 heteroatoms. The Morgan fingerprint density at radius 3 is 2.66 bits per heavy atom. The van der Waals surface area contributed by atoms with Crippen LogP contribution in [0, 0.1) is 41.9 Å². The first-order chi connectivity index (χ1) is 13.7. The van der Waals surface area contributed by atoms with Crippen molar-refractivity contribution >= 4 is 5.78 Å². The van der Waals surface area contributed by atoms with Crippen molar-refractivity contribution in [2.45, 2.75) is 92.4 Å². The smallest absolute Gasteiger partial charge is 0.136 e. The predicted molar refractivity (Wildman–Crippen MR) is 121 cm³/mol. The van der Waals surface area contributed by atoms with Gasteiger partial charge in [-0.15, -0.1) is 0 Å². The van der Waals surface area contributed by atoms with Crippen molar-refractivity contribution in [1.29, 1.82) is 0 Å². The van der Waals surface area contributed by atoms with E-state index in [1.165, 1.54) is 43.2 Å². The second kappa shape index (κ2) is 9.23. The lowest BCUT2D eigenvalue weighted by Crippen LogP contribution is -2.43. The van der Waals surface area contributed by atoms with Gasteiger partial charge in [0.05, 0.1) is 0 Å². The van der Waals surface area contributed by atoms with Gasteiger partial charge in [0.25, 0.3) is 0 Å². The van der Waals surface area contributed by atoms with Gasteiger partial charge in [-0.2, -0.15) is 0 Å². The molecule has 2 saturated carbocycles. The number of phenolic OH excluding ortho intramolecular Hbond substituents is 1. The molecular formula is C27H42O2. The minimum atomic E-state index is 0.211. The Balaban J connectivity index is 1.67. The van der Waals surface area contributed by atoms with E-state index in [0.29, 0.717) is 22.9 Å². The lowest BCUT2D eigenvalue weighted by atomic mass is 9.58. The van der Waals surface area contributed by atoms with Gasteiger partial charge in [0, 0.05) is 12.3 Å². The third kappa shape index (κ3) is 4.89. The molecule has 29 heavy (non-hydrogen) atoms. The molecule has 3 rings (SSSR count). The highest BCUT2D eigenvalue weighted by atomic mass is 16.3. The first-order valence-electron chi connectivity index (χ1n) is 12.0. The van der Waals surface area contributed by atoms with Crippen molar-refractivity contribution in [3.63, 3.8) is 0 Å².